The molecule has 0 spiro atoms. The average Bonchev–Trinajstić information content (AvgIpc) is 3.21. The number of nitrogens with zero attached hydrogens (tertiary/aromatic N) is 4. The molecule has 0 saturated heterocycles. The molecule has 2 heterocycles. The zero-order chi connectivity index (χ0) is 20.5. The lowest BCUT2D eigenvalue weighted by molar-refractivity contribution is -0.136. The molecule has 2 aromatic carbocycles. The van der Waals surface area contributed by atoms with E-state index in [1.165, 1.54) is 23.9 Å². The van der Waals surface area contributed by atoms with Crippen LogP contribution in [0.2, 0.25) is 0 Å². The predicted octanol–water partition coefficient (Wildman–Crippen LogP) is 2.01. The first kappa shape index (κ1) is 18.4. The quantitative estimate of drug-likeness (QED) is 0.512. The van der Waals surface area contributed by atoms with Crippen molar-refractivity contribution in [1.29, 1.82) is 0 Å². The summed E-state index contributed by atoms with van der Waals surface area (Å²) in [6, 6.07) is 12.5. The maximum absolute atomic E-state index is 13.5. The molecule has 0 fully saturated rings. The van der Waals surface area contributed by atoms with Gasteiger partial charge in [-0.2, -0.15) is 4.68 Å². The normalized spacial score (nSPS) is 15.4. The number of phenolic OH excluding ortho intramolecular Hbond substituents is 1. The van der Waals surface area contributed by atoms with Gasteiger partial charge < -0.3 is 15.2 Å². The van der Waals surface area contributed by atoms with E-state index in [-0.39, 0.29) is 28.8 Å². The van der Waals surface area contributed by atoms with E-state index >= 15 is 0 Å². The van der Waals surface area contributed by atoms with Gasteiger partial charge in [-0.1, -0.05) is 47.1 Å². The smallest absolute Gasteiger partial charge is 0.355 e. The molecule has 0 amide bonds. The topological polar surface area (TPSA) is 119 Å². The third-order valence-corrected chi connectivity index (χ3v) is 4.67. The van der Waals surface area contributed by atoms with E-state index in [0.29, 0.717) is 11.1 Å². The van der Waals surface area contributed by atoms with E-state index in [2.05, 4.69) is 20.8 Å². The number of Topliss-reactive ketones (excluding diaryl/α,β-unsaturated/α-hetero) is 1. The standard InChI is InChI=1S/C20H17N5O4/c1-11-3-5-13(6-4-11)18(27)15-16(19(28)29-2)21-20-22-23-24-25(20)17(15)12-7-9-14(26)10-8-12/h3-10,17,26H,1-2H3,(H,21,22,24). The largest absolute Gasteiger partial charge is 0.508 e. The third-order valence-electron chi connectivity index (χ3n) is 4.67. The van der Waals surface area contributed by atoms with Crippen LogP contribution in [-0.2, 0) is 9.53 Å². The highest BCUT2D eigenvalue weighted by atomic mass is 16.5. The van der Waals surface area contributed by atoms with Crippen LogP contribution in [0.25, 0.3) is 0 Å². The molecule has 9 heteroatoms. The van der Waals surface area contributed by atoms with Gasteiger partial charge in [-0.15, -0.1) is 0 Å². The Labute approximate surface area is 165 Å². The fourth-order valence-corrected chi connectivity index (χ4v) is 3.21. The molecule has 0 bridgehead atoms. The van der Waals surface area contributed by atoms with Gasteiger partial charge in [0.2, 0.25) is 5.95 Å². The van der Waals surface area contributed by atoms with Gasteiger partial charge in [0.05, 0.1) is 12.7 Å². The van der Waals surface area contributed by atoms with Crippen molar-refractivity contribution in [3.05, 3.63) is 76.5 Å². The van der Waals surface area contributed by atoms with Crippen LogP contribution in [0.3, 0.4) is 0 Å². The van der Waals surface area contributed by atoms with Gasteiger partial charge in [0.1, 0.15) is 17.5 Å². The summed E-state index contributed by atoms with van der Waals surface area (Å²) < 4.78 is 6.31. The average molecular weight is 391 g/mol. The van der Waals surface area contributed by atoms with Gasteiger partial charge >= 0.3 is 5.97 Å². The monoisotopic (exact) mass is 391 g/mol. The Bertz CT molecular complexity index is 1120. The number of phenols is 1. The van der Waals surface area contributed by atoms with Gasteiger partial charge in [0.25, 0.3) is 0 Å². The van der Waals surface area contributed by atoms with Gasteiger partial charge in [-0.05, 0) is 35.0 Å². The second kappa shape index (κ2) is 7.19. The minimum atomic E-state index is -0.787. The van der Waals surface area contributed by atoms with Crippen LogP contribution in [0.5, 0.6) is 5.75 Å². The second-order valence-electron chi connectivity index (χ2n) is 6.54. The number of tetrazole rings is 1. The van der Waals surface area contributed by atoms with E-state index in [1.54, 1.807) is 24.3 Å². The van der Waals surface area contributed by atoms with E-state index < -0.39 is 12.0 Å². The summed E-state index contributed by atoms with van der Waals surface area (Å²) in [5, 5.41) is 24.0. The molecule has 3 aromatic rings. The van der Waals surface area contributed by atoms with Crippen LogP contribution >= 0.6 is 0 Å². The number of aromatic hydroxyl groups is 1. The molecule has 146 valence electrons. The Morgan fingerprint density at radius 3 is 2.45 bits per heavy atom. The Balaban J connectivity index is 1.94. The van der Waals surface area contributed by atoms with Crippen LogP contribution in [0.15, 0.2) is 59.8 Å². The molecular weight excluding hydrogens is 374 g/mol. The number of esters is 1. The number of anilines is 1. The number of aromatic nitrogens is 4. The van der Waals surface area contributed by atoms with E-state index in [1.807, 2.05) is 19.1 Å². The number of rotatable bonds is 4. The number of methoxy groups -OCH3 is 1. The molecule has 4 rings (SSSR count). The molecule has 0 radical (unpaired) electrons. The predicted molar refractivity (Wildman–Crippen MR) is 102 cm³/mol. The van der Waals surface area contributed by atoms with Crippen LogP contribution in [0.1, 0.15) is 27.5 Å². The maximum atomic E-state index is 13.5. The van der Waals surface area contributed by atoms with E-state index in [4.69, 9.17) is 4.74 Å². The maximum Gasteiger partial charge on any atom is 0.355 e. The van der Waals surface area contributed by atoms with Gasteiger partial charge in [0.15, 0.2) is 5.78 Å². The first-order valence-electron chi connectivity index (χ1n) is 8.77. The zero-order valence-corrected chi connectivity index (χ0v) is 15.7. The third kappa shape index (κ3) is 3.22. The summed E-state index contributed by atoms with van der Waals surface area (Å²) >= 11 is 0. The number of nitrogens with one attached hydrogen (secondary N) is 1. The van der Waals surface area contributed by atoms with Crippen molar-refractivity contribution in [2.75, 3.05) is 12.4 Å². The molecular formula is C20H17N5O4. The molecule has 2 N–H and O–H groups in total. The lowest BCUT2D eigenvalue weighted by Crippen LogP contribution is -2.32. The number of hydrogen-bond acceptors (Lipinski definition) is 8. The molecule has 1 aliphatic heterocycles. The Kier molecular flexibility index (Phi) is 4.55. The van der Waals surface area contributed by atoms with Gasteiger partial charge in [0, 0.05) is 5.56 Å². The molecule has 0 saturated carbocycles. The summed E-state index contributed by atoms with van der Waals surface area (Å²) in [5.41, 5.74) is 2.15. The van der Waals surface area contributed by atoms with Crippen molar-refractivity contribution < 1.29 is 19.4 Å². The molecule has 29 heavy (non-hydrogen) atoms. The van der Waals surface area contributed by atoms with Crippen LogP contribution < -0.4 is 5.32 Å². The molecule has 0 aliphatic carbocycles. The summed E-state index contributed by atoms with van der Waals surface area (Å²) in [5.74, 6) is -0.803. The lowest BCUT2D eigenvalue weighted by Gasteiger charge is -2.28. The number of aryl methyl sites for hydroxylation is 1. The Hall–Kier alpha value is -4.01. The second-order valence-corrected chi connectivity index (χ2v) is 6.54. The fraction of sp³-hybridized carbons (Fsp3) is 0.150. The first-order valence-corrected chi connectivity index (χ1v) is 8.77. The van der Waals surface area contributed by atoms with Gasteiger partial charge in [-0.3, -0.25) is 4.79 Å². The Morgan fingerprint density at radius 1 is 1.10 bits per heavy atom. The summed E-state index contributed by atoms with van der Waals surface area (Å²) in [6.07, 6.45) is 0. The van der Waals surface area contributed by atoms with Crippen molar-refractivity contribution >= 4 is 17.7 Å². The molecule has 1 aromatic heterocycles. The van der Waals surface area contributed by atoms with Gasteiger partial charge in [-0.25, -0.2) is 4.79 Å². The number of carbonyl (C=O) groups excluding carboxylic acids is 2. The number of fused-ring (bicyclic) bond motifs is 1. The molecule has 1 unspecified atom stereocenters. The highest BCUT2D eigenvalue weighted by molar-refractivity contribution is 6.14. The van der Waals surface area contributed by atoms with Crippen molar-refractivity contribution in [3.63, 3.8) is 0 Å². The lowest BCUT2D eigenvalue weighted by atomic mass is 9.89. The number of benzene rings is 2. The summed E-state index contributed by atoms with van der Waals surface area (Å²) in [7, 11) is 1.23. The number of ether oxygens (including phenoxy) is 1. The number of ketones is 1. The van der Waals surface area contributed by atoms with Crippen molar-refractivity contribution in [1.82, 2.24) is 20.2 Å². The minimum absolute atomic E-state index is 0.0292. The van der Waals surface area contributed by atoms with Crippen LogP contribution in [0, 0.1) is 6.92 Å². The van der Waals surface area contributed by atoms with Crippen molar-refractivity contribution in [2.24, 2.45) is 0 Å². The SMILES string of the molecule is COC(=O)C1=C(C(=O)c2ccc(C)cc2)C(c2ccc(O)cc2)n2nnnc2N1. The van der Waals surface area contributed by atoms with Crippen LogP contribution in [0.4, 0.5) is 5.95 Å². The Morgan fingerprint density at radius 2 is 1.79 bits per heavy atom. The summed E-state index contributed by atoms with van der Waals surface area (Å²) in [6.45, 7) is 1.92. The number of carbonyl (C=O) groups is 2. The van der Waals surface area contributed by atoms with Crippen LogP contribution in [-0.4, -0.2) is 44.2 Å². The van der Waals surface area contributed by atoms with Crippen molar-refractivity contribution in [2.45, 2.75) is 13.0 Å². The number of allylic oxidation sites excluding steroid dienone is 1. The molecule has 1 atom stereocenters. The highest BCUT2D eigenvalue weighted by Gasteiger charge is 2.38. The highest BCUT2D eigenvalue weighted by Crippen LogP contribution is 2.37. The minimum Gasteiger partial charge on any atom is -0.508 e. The number of hydrogen-bond donors (Lipinski definition) is 2. The zero-order valence-electron chi connectivity index (χ0n) is 15.7. The van der Waals surface area contributed by atoms with Crippen molar-refractivity contribution in [3.8, 4) is 5.75 Å². The molecule has 1 aliphatic rings. The first-order chi connectivity index (χ1) is 14.0. The van der Waals surface area contributed by atoms with E-state index in [9.17, 15) is 14.7 Å². The fourth-order valence-electron chi connectivity index (χ4n) is 3.21. The molecule has 9 nitrogen and oxygen atoms in total. The summed E-state index contributed by atoms with van der Waals surface area (Å²) in [4.78, 5) is 26.0. The van der Waals surface area contributed by atoms with E-state index in [0.717, 1.165) is 5.56 Å².